The van der Waals surface area contributed by atoms with Gasteiger partial charge < -0.3 is 10.1 Å². The number of esters is 1. The smallest absolute Gasteiger partial charge is 0.376 e. The average Bonchev–Trinajstić information content (AvgIpc) is 2.81. The predicted octanol–water partition coefficient (Wildman–Crippen LogP) is 1.18. The van der Waals surface area contributed by atoms with E-state index in [1.807, 2.05) is 11.8 Å². The number of aromatic nitrogens is 2. The second-order valence-electron chi connectivity index (χ2n) is 3.46. The highest BCUT2D eigenvalue weighted by Crippen LogP contribution is 2.20. The summed E-state index contributed by atoms with van der Waals surface area (Å²) in [6.45, 7) is 0. The van der Waals surface area contributed by atoms with Gasteiger partial charge in [0, 0.05) is 18.0 Å². The van der Waals surface area contributed by atoms with Crippen molar-refractivity contribution in [3.63, 3.8) is 0 Å². The zero-order valence-corrected chi connectivity index (χ0v) is 9.79. The number of ether oxygens (including phenoxy) is 1. The minimum absolute atomic E-state index is 0.0955. The van der Waals surface area contributed by atoms with Gasteiger partial charge >= 0.3 is 5.97 Å². The van der Waals surface area contributed by atoms with E-state index in [0.29, 0.717) is 11.9 Å². The lowest BCUT2D eigenvalue weighted by atomic mass is 10.2. The van der Waals surface area contributed by atoms with Crippen molar-refractivity contribution < 1.29 is 9.53 Å². The van der Waals surface area contributed by atoms with Crippen molar-refractivity contribution >= 4 is 23.5 Å². The van der Waals surface area contributed by atoms with Crippen molar-refractivity contribution in [1.82, 2.24) is 9.97 Å². The Kier molecular flexibility index (Phi) is 3.61. The largest absolute Gasteiger partial charge is 0.463 e. The first-order valence-electron chi connectivity index (χ1n) is 5.05. The van der Waals surface area contributed by atoms with Gasteiger partial charge in [-0.05, 0) is 18.2 Å². The molecule has 2 heterocycles. The lowest BCUT2D eigenvalue weighted by Gasteiger charge is -2.11. The van der Waals surface area contributed by atoms with Crippen LogP contribution in [0.1, 0.15) is 17.0 Å². The molecule has 1 N–H and O–H groups in total. The number of thioether (sulfide) groups is 1. The van der Waals surface area contributed by atoms with Gasteiger partial charge in [-0.1, -0.05) is 0 Å². The maximum Gasteiger partial charge on any atom is 0.376 e. The van der Waals surface area contributed by atoms with Gasteiger partial charge in [-0.15, -0.1) is 0 Å². The van der Waals surface area contributed by atoms with Crippen LogP contribution >= 0.6 is 11.8 Å². The minimum Gasteiger partial charge on any atom is -0.463 e. The van der Waals surface area contributed by atoms with Crippen LogP contribution in [0.25, 0.3) is 0 Å². The highest BCUT2D eigenvalue weighted by atomic mass is 32.2. The van der Waals surface area contributed by atoms with E-state index in [1.165, 1.54) is 12.9 Å². The summed E-state index contributed by atoms with van der Waals surface area (Å²) in [5.41, 5.74) is 0. The number of hydrogen-bond donors (Lipinski definition) is 1. The molecule has 1 unspecified atom stereocenters. The molecule has 1 fully saturated rings. The van der Waals surface area contributed by atoms with Crippen LogP contribution in [0.4, 0.5) is 5.82 Å². The van der Waals surface area contributed by atoms with Gasteiger partial charge in [0.05, 0.1) is 7.11 Å². The molecule has 5 nitrogen and oxygen atoms in total. The van der Waals surface area contributed by atoms with Gasteiger partial charge in [0.1, 0.15) is 5.82 Å². The Morgan fingerprint density at radius 1 is 1.69 bits per heavy atom. The molecule has 1 aromatic heterocycles. The molecule has 1 saturated heterocycles. The van der Waals surface area contributed by atoms with E-state index in [0.717, 1.165) is 12.2 Å². The van der Waals surface area contributed by atoms with Crippen molar-refractivity contribution in [3.05, 3.63) is 18.1 Å². The number of carbonyl (C=O) groups excluding carboxylic acids is 1. The molecule has 0 spiro atoms. The third-order valence-electron chi connectivity index (χ3n) is 2.31. The SMILES string of the molecule is COC(=O)c1nccc(NC2CCSC2)n1. The molecule has 1 aliphatic heterocycles. The fraction of sp³-hybridized carbons (Fsp3) is 0.500. The summed E-state index contributed by atoms with van der Waals surface area (Å²) < 4.78 is 4.57. The molecule has 1 atom stereocenters. The van der Waals surface area contributed by atoms with E-state index in [4.69, 9.17) is 0 Å². The molecular formula is C10H13N3O2S. The highest BCUT2D eigenvalue weighted by Gasteiger charge is 2.16. The maximum atomic E-state index is 11.2. The van der Waals surface area contributed by atoms with Crippen LogP contribution < -0.4 is 5.32 Å². The van der Waals surface area contributed by atoms with Gasteiger partial charge in [0.15, 0.2) is 0 Å². The number of nitrogens with zero attached hydrogens (tertiary/aromatic N) is 2. The third kappa shape index (κ3) is 2.63. The van der Waals surface area contributed by atoms with Crippen molar-refractivity contribution in [3.8, 4) is 0 Å². The molecule has 0 bridgehead atoms. The van der Waals surface area contributed by atoms with Gasteiger partial charge in [-0.3, -0.25) is 0 Å². The number of nitrogens with one attached hydrogen (secondary N) is 1. The van der Waals surface area contributed by atoms with Gasteiger partial charge in [-0.2, -0.15) is 11.8 Å². The quantitative estimate of drug-likeness (QED) is 0.799. The predicted molar refractivity (Wildman–Crippen MR) is 62.7 cm³/mol. The third-order valence-corrected chi connectivity index (χ3v) is 3.47. The van der Waals surface area contributed by atoms with E-state index in [-0.39, 0.29) is 5.82 Å². The Morgan fingerprint density at radius 2 is 2.56 bits per heavy atom. The van der Waals surface area contributed by atoms with E-state index in [1.54, 1.807) is 12.3 Å². The van der Waals surface area contributed by atoms with Crippen molar-refractivity contribution in [1.29, 1.82) is 0 Å². The van der Waals surface area contributed by atoms with Crippen LogP contribution in [0.2, 0.25) is 0 Å². The molecule has 0 amide bonds. The van der Waals surface area contributed by atoms with Crippen molar-refractivity contribution in [2.75, 3.05) is 23.9 Å². The summed E-state index contributed by atoms with van der Waals surface area (Å²) in [7, 11) is 1.32. The molecule has 0 aromatic carbocycles. The van der Waals surface area contributed by atoms with Crippen LogP contribution in [0.3, 0.4) is 0 Å². The molecule has 0 radical (unpaired) electrons. The average molecular weight is 239 g/mol. The summed E-state index contributed by atoms with van der Waals surface area (Å²) in [5.74, 6) is 2.52. The van der Waals surface area contributed by atoms with E-state index < -0.39 is 5.97 Å². The Hall–Kier alpha value is -1.30. The number of methoxy groups -OCH3 is 1. The summed E-state index contributed by atoms with van der Waals surface area (Å²) in [5, 5.41) is 3.28. The molecule has 2 rings (SSSR count). The number of anilines is 1. The summed E-state index contributed by atoms with van der Waals surface area (Å²) in [4.78, 5) is 19.2. The molecular weight excluding hydrogens is 226 g/mol. The number of hydrogen-bond acceptors (Lipinski definition) is 6. The van der Waals surface area contributed by atoms with Crippen LogP contribution in [-0.2, 0) is 4.74 Å². The Morgan fingerprint density at radius 3 is 3.25 bits per heavy atom. The number of carbonyl (C=O) groups is 1. The summed E-state index contributed by atoms with van der Waals surface area (Å²) in [6, 6.07) is 2.19. The van der Waals surface area contributed by atoms with Crippen LogP contribution in [0.15, 0.2) is 12.3 Å². The molecule has 16 heavy (non-hydrogen) atoms. The van der Waals surface area contributed by atoms with Gasteiger partial charge in [-0.25, -0.2) is 14.8 Å². The van der Waals surface area contributed by atoms with Crippen LogP contribution in [0.5, 0.6) is 0 Å². The van der Waals surface area contributed by atoms with E-state index in [9.17, 15) is 4.79 Å². The highest BCUT2D eigenvalue weighted by molar-refractivity contribution is 7.99. The topological polar surface area (TPSA) is 64.1 Å². The zero-order valence-electron chi connectivity index (χ0n) is 8.97. The second-order valence-corrected chi connectivity index (χ2v) is 4.61. The monoisotopic (exact) mass is 239 g/mol. The van der Waals surface area contributed by atoms with Crippen LogP contribution in [-0.4, -0.2) is 40.6 Å². The molecule has 1 aromatic rings. The van der Waals surface area contributed by atoms with E-state index >= 15 is 0 Å². The second kappa shape index (κ2) is 5.16. The Labute approximate surface area is 98.0 Å². The fourth-order valence-electron chi connectivity index (χ4n) is 1.49. The van der Waals surface area contributed by atoms with Crippen molar-refractivity contribution in [2.45, 2.75) is 12.5 Å². The minimum atomic E-state index is -0.510. The first-order chi connectivity index (χ1) is 7.79. The Balaban J connectivity index is 2.06. The number of rotatable bonds is 3. The zero-order chi connectivity index (χ0) is 11.4. The summed E-state index contributed by atoms with van der Waals surface area (Å²) >= 11 is 1.92. The lowest BCUT2D eigenvalue weighted by molar-refractivity contribution is 0.0587. The normalized spacial score (nSPS) is 19.4. The van der Waals surface area contributed by atoms with Crippen LogP contribution in [0, 0.1) is 0 Å². The summed E-state index contributed by atoms with van der Waals surface area (Å²) in [6.07, 6.45) is 2.69. The maximum absolute atomic E-state index is 11.2. The van der Waals surface area contributed by atoms with E-state index in [2.05, 4.69) is 20.0 Å². The first kappa shape index (κ1) is 11.2. The molecule has 0 aliphatic carbocycles. The standard InChI is InChI=1S/C10H13N3O2S/c1-15-10(14)9-11-4-2-8(13-9)12-7-3-5-16-6-7/h2,4,7H,3,5-6H2,1H3,(H,11,12,13). The lowest BCUT2D eigenvalue weighted by Crippen LogP contribution is -2.20. The molecule has 86 valence electrons. The van der Waals surface area contributed by atoms with Gasteiger partial charge in [0.2, 0.25) is 5.82 Å². The van der Waals surface area contributed by atoms with Crippen molar-refractivity contribution in [2.24, 2.45) is 0 Å². The Bertz CT molecular complexity index is 380. The molecule has 1 aliphatic rings. The first-order valence-corrected chi connectivity index (χ1v) is 6.20. The molecule has 0 saturated carbocycles. The van der Waals surface area contributed by atoms with Gasteiger partial charge in [0.25, 0.3) is 0 Å². The molecule has 6 heteroatoms. The fourth-order valence-corrected chi connectivity index (χ4v) is 2.64.